The van der Waals surface area contributed by atoms with Gasteiger partial charge in [-0.2, -0.15) is 5.10 Å². The fourth-order valence-corrected chi connectivity index (χ4v) is 4.30. The predicted octanol–water partition coefficient (Wildman–Crippen LogP) is 5.55. The van der Waals surface area contributed by atoms with E-state index in [9.17, 15) is 4.79 Å². The van der Waals surface area contributed by atoms with E-state index < -0.39 is 0 Å². The summed E-state index contributed by atoms with van der Waals surface area (Å²) in [6.45, 7) is 3.58. The van der Waals surface area contributed by atoms with Crippen molar-refractivity contribution < 1.29 is 9.90 Å². The fraction of sp³-hybridized carbons (Fsp3) is 0.304. The second-order valence-corrected chi connectivity index (χ2v) is 8.61. The van der Waals surface area contributed by atoms with Gasteiger partial charge in [-0.3, -0.25) is 10.2 Å². The maximum absolute atomic E-state index is 13.1. The smallest absolute Gasteiger partial charge is 0.286 e. The molecule has 1 fully saturated rings. The van der Waals surface area contributed by atoms with Crippen LogP contribution in [0.15, 0.2) is 42.5 Å². The van der Waals surface area contributed by atoms with E-state index in [2.05, 4.69) is 10.5 Å². The zero-order valence-corrected chi connectivity index (χ0v) is 20.2. The van der Waals surface area contributed by atoms with Crippen LogP contribution >= 0.6 is 34.8 Å². The molecule has 1 aliphatic heterocycles. The summed E-state index contributed by atoms with van der Waals surface area (Å²) < 4.78 is 1.70. The summed E-state index contributed by atoms with van der Waals surface area (Å²) >= 11 is 18.6. The number of halogens is 3. The summed E-state index contributed by atoms with van der Waals surface area (Å²) in [6, 6.07) is 12.6. The molecule has 32 heavy (non-hydrogen) atoms. The molecule has 0 aliphatic carbocycles. The first-order chi connectivity index (χ1) is 15.4. The molecule has 1 aromatic heterocycles. The Kier molecular flexibility index (Phi) is 8.57. The van der Waals surface area contributed by atoms with Crippen molar-refractivity contribution >= 4 is 40.7 Å². The molecule has 0 atom stereocenters. The predicted molar refractivity (Wildman–Crippen MR) is 130 cm³/mol. The van der Waals surface area contributed by atoms with Crippen molar-refractivity contribution in [1.82, 2.24) is 20.2 Å². The number of hydrazine groups is 1. The van der Waals surface area contributed by atoms with Crippen molar-refractivity contribution in [2.75, 3.05) is 20.2 Å². The van der Waals surface area contributed by atoms with Crippen molar-refractivity contribution in [2.45, 2.75) is 26.2 Å². The number of piperidine rings is 1. The number of aliphatic hydroxyl groups is 1. The molecular weight excluding hydrogens is 471 g/mol. The van der Waals surface area contributed by atoms with E-state index in [0.29, 0.717) is 26.4 Å². The van der Waals surface area contributed by atoms with Crippen LogP contribution in [0.4, 0.5) is 0 Å². The molecule has 170 valence electrons. The van der Waals surface area contributed by atoms with E-state index in [4.69, 9.17) is 39.9 Å². The third-order valence-electron chi connectivity index (χ3n) is 5.21. The molecule has 0 unspecified atom stereocenters. The number of aliphatic hydroxyl groups excluding tert-OH is 1. The van der Waals surface area contributed by atoms with E-state index in [1.807, 2.05) is 36.2 Å². The minimum atomic E-state index is -0.228. The number of aromatic nitrogens is 2. The number of amides is 1. The first-order valence-corrected chi connectivity index (χ1v) is 11.4. The molecule has 1 aliphatic rings. The molecule has 2 N–H and O–H groups in total. The van der Waals surface area contributed by atoms with E-state index in [1.54, 1.807) is 22.9 Å². The van der Waals surface area contributed by atoms with E-state index in [1.165, 1.54) is 6.42 Å². The van der Waals surface area contributed by atoms with E-state index in [0.717, 1.165) is 49.9 Å². The number of benzene rings is 2. The topological polar surface area (TPSA) is 70.4 Å². The lowest BCUT2D eigenvalue weighted by molar-refractivity contribution is 0.0743. The zero-order chi connectivity index (χ0) is 23.3. The van der Waals surface area contributed by atoms with Crippen LogP contribution in [-0.2, 0) is 0 Å². The molecule has 4 rings (SSSR count). The zero-order valence-electron chi connectivity index (χ0n) is 17.9. The van der Waals surface area contributed by atoms with Crippen molar-refractivity contribution in [3.05, 3.63) is 68.8 Å². The van der Waals surface area contributed by atoms with Crippen LogP contribution in [0.2, 0.25) is 15.1 Å². The number of rotatable bonds is 4. The molecular formula is C23H25Cl3N4O2. The van der Waals surface area contributed by atoms with Gasteiger partial charge in [-0.15, -0.1) is 0 Å². The normalized spacial score (nSPS) is 13.9. The number of carbonyl (C=O) groups excluding carboxylic acids is 1. The minimum absolute atomic E-state index is 0.228. The molecule has 0 saturated carbocycles. The number of nitrogens with one attached hydrogen (secondary N) is 1. The summed E-state index contributed by atoms with van der Waals surface area (Å²) in [4.78, 5) is 13.1. The molecule has 0 spiro atoms. The van der Waals surface area contributed by atoms with Crippen LogP contribution in [0.25, 0.3) is 16.9 Å². The molecule has 0 radical (unpaired) electrons. The second-order valence-electron chi connectivity index (χ2n) is 7.33. The van der Waals surface area contributed by atoms with Gasteiger partial charge in [0.2, 0.25) is 0 Å². The Balaban J connectivity index is 0.00000141. The monoisotopic (exact) mass is 494 g/mol. The molecule has 2 aromatic carbocycles. The highest BCUT2D eigenvalue weighted by molar-refractivity contribution is 6.35. The van der Waals surface area contributed by atoms with Crippen molar-refractivity contribution in [1.29, 1.82) is 0 Å². The quantitative estimate of drug-likeness (QED) is 0.498. The lowest BCUT2D eigenvalue weighted by Gasteiger charge is -2.26. The van der Waals surface area contributed by atoms with Gasteiger partial charge in [0.05, 0.1) is 16.4 Å². The number of nitrogens with zero attached hydrogens (tertiary/aromatic N) is 3. The average Bonchev–Trinajstić information content (AvgIpc) is 3.13. The maximum Gasteiger partial charge on any atom is 0.286 e. The molecule has 1 saturated heterocycles. The summed E-state index contributed by atoms with van der Waals surface area (Å²) in [5, 5.41) is 15.2. The second kappa shape index (κ2) is 11.2. The van der Waals surface area contributed by atoms with Gasteiger partial charge in [0.1, 0.15) is 0 Å². The fourth-order valence-electron chi connectivity index (χ4n) is 3.69. The standard InChI is InChI=1S/C22H21Cl3N4O.CH4O/c1-14-20(22(30)27-28-11-3-2-4-12-28)26-29(19-10-9-17(24)13-18(19)25)21(14)15-5-7-16(23)8-6-15;1-2/h5-10,13H,2-4,11-12H2,1H3,(H,27,30);2H,1H3. The number of hydrogen-bond acceptors (Lipinski definition) is 4. The van der Waals surface area contributed by atoms with Crippen molar-refractivity contribution in [3.8, 4) is 16.9 Å². The highest BCUT2D eigenvalue weighted by Crippen LogP contribution is 2.33. The van der Waals surface area contributed by atoms with Crippen LogP contribution in [0.3, 0.4) is 0 Å². The van der Waals surface area contributed by atoms with Gasteiger partial charge in [0, 0.05) is 41.4 Å². The summed E-state index contributed by atoms with van der Waals surface area (Å²) in [6.07, 6.45) is 3.34. The van der Waals surface area contributed by atoms with Gasteiger partial charge < -0.3 is 5.11 Å². The molecule has 6 nitrogen and oxygen atoms in total. The van der Waals surface area contributed by atoms with Gasteiger partial charge in [-0.05, 0) is 50.1 Å². The Hall–Kier alpha value is -2.09. The average molecular weight is 496 g/mol. The largest absolute Gasteiger partial charge is 0.400 e. The van der Waals surface area contributed by atoms with Crippen molar-refractivity contribution in [2.24, 2.45) is 0 Å². The van der Waals surface area contributed by atoms with Gasteiger partial charge in [0.25, 0.3) is 5.91 Å². The van der Waals surface area contributed by atoms with Crippen LogP contribution in [0.5, 0.6) is 0 Å². The van der Waals surface area contributed by atoms with Gasteiger partial charge in [-0.25, -0.2) is 9.69 Å². The number of hydrogen-bond donors (Lipinski definition) is 2. The molecule has 9 heteroatoms. The van der Waals surface area contributed by atoms with E-state index in [-0.39, 0.29) is 5.91 Å². The van der Waals surface area contributed by atoms with Gasteiger partial charge in [0.15, 0.2) is 5.69 Å². The molecule has 1 amide bonds. The first kappa shape index (κ1) is 24.6. The maximum atomic E-state index is 13.1. The molecule has 3 aromatic rings. The lowest BCUT2D eigenvalue weighted by atomic mass is 10.1. The summed E-state index contributed by atoms with van der Waals surface area (Å²) in [5.41, 5.74) is 6.42. The Morgan fingerprint density at radius 2 is 1.59 bits per heavy atom. The third kappa shape index (κ3) is 5.45. The highest BCUT2D eigenvalue weighted by Gasteiger charge is 2.24. The van der Waals surface area contributed by atoms with Crippen LogP contribution < -0.4 is 5.43 Å². The summed E-state index contributed by atoms with van der Waals surface area (Å²) in [7, 11) is 1.00. The third-order valence-corrected chi connectivity index (χ3v) is 6.00. The Labute approximate surface area is 202 Å². The Morgan fingerprint density at radius 1 is 0.969 bits per heavy atom. The van der Waals surface area contributed by atoms with Crippen LogP contribution in [-0.4, -0.2) is 46.0 Å². The van der Waals surface area contributed by atoms with Crippen LogP contribution in [0.1, 0.15) is 35.3 Å². The SMILES string of the molecule is CO.Cc1c(C(=O)NN2CCCCC2)nn(-c2ccc(Cl)cc2Cl)c1-c1ccc(Cl)cc1. The molecule has 2 heterocycles. The molecule has 0 bridgehead atoms. The Bertz CT molecular complexity index is 1080. The summed E-state index contributed by atoms with van der Waals surface area (Å²) in [5.74, 6) is -0.228. The van der Waals surface area contributed by atoms with Gasteiger partial charge in [-0.1, -0.05) is 53.4 Å². The van der Waals surface area contributed by atoms with Gasteiger partial charge >= 0.3 is 0 Å². The van der Waals surface area contributed by atoms with Crippen LogP contribution in [0, 0.1) is 6.92 Å². The lowest BCUT2D eigenvalue weighted by Crippen LogP contribution is -2.45. The van der Waals surface area contributed by atoms with Crippen molar-refractivity contribution in [3.63, 3.8) is 0 Å². The van der Waals surface area contributed by atoms with E-state index >= 15 is 0 Å². The number of carbonyl (C=O) groups is 1. The first-order valence-electron chi connectivity index (χ1n) is 10.3. The highest BCUT2D eigenvalue weighted by atomic mass is 35.5. The minimum Gasteiger partial charge on any atom is -0.400 e. The Morgan fingerprint density at radius 3 is 2.22 bits per heavy atom.